The number of aliphatic hydroxyl groups excluding tert-OH is 2. The molecule has 164 valence electrons. The first-order chi connectivity index (χ1) is 14.1. The topological polar surface area (TPSA) is 125 Å². The molecule has 2 aromatic heterocycles. The molecule has 1 aliphatic carbocycles. The van der Waals surface area contributed by atoms with Crippen LogP contribution in [0.5, 0.6) is 0 Å². The third-order valence-corrected chi connectivity index (χ3v) is 6.05. The van der Waals surface area contributed by atoms with E-state index in [1.54, 1.807) is 41.5 Å². The summed E-state index contributed by atoms with van der Waals surface area (Å²) in [5.74, 6) is -2.01. The highest BCUT2D eigenvalue weighted by Gasteiger charge is 2.53. The van der Waals surface area contributed by atoms with Crippen LogP contribution in [0, 0.1) is 27.7 Å². The van der Waals surface area contributed by atoms with E-state index in [4.69, 9.17) is 9.47 Å². The summed E-state index contributed by atoms with van der Waals surface area (Å²) in [6, 6.07) is 0. The van der Waals surface area contributed by atoms with Crippen LogP contribution in [0.25, 0.3) is 0 Å². The number of nitrogens with one attached hydrogen (secondary N) is 2. The van der Waals surface area contributed by atoms with Gasteiger partial charge in [0.1, 0.15) is 0 Å². The lowest BCUT2D eigenvalue weighted by molar-refractivity contribution is -0.0815. The van der Waals surface area contributed by atoms with Crippen LogP contribution in [0.2, 0.25) is 0 Å². The molecule has 1 aliphatic rings. The van der Waals surface area contributed by atoms with Crippen LogP contribution >= 0.6 is 0 Å². The summed E-state index contributed by atoms with van der Waals surface area (Å²) in [4.78, 5) is 30.8. The first-order valence-electron chi connectivity index (χ1n) is 10.2. The van der Waals surface area contributed by atoms with E-state index >= 15 is 0 Å². The Bertz CT molecular complexity index is 887. The average Bonchev–Trinajstić information content (AvgIpc) is 3.11. The number of rotatable bonds is 6. The lowest BCUT2D eigenvalue weighted by Crippen LogP contribution is -2.52. The molecule has 4 N–H and O–H groups in total. The van der Waals surface area contributed by atoms with E-state index in [-0.39, 0.29) is 13.2 Å². The van der Waals surface area contributed by atoms with Gasteiger partial charge in [-0.3, -0.25) is 0 Å². The van der Waals surface area contributed by atoms with E-state index in [0.717, 1.165) is 0 Å². The SMILES string of the molecule is CCOC(=O)c1c(C)[nH]c(C2C(O)C(c3[nH]c(C)c(C(=O)OCC)c3C)C2O)c1C. The number of aryl methyl sites for hydroxylation is 2. The van der Waals surface area contributed by atoms with Gasteiger partial charge in [0.05, 0.1) is 48.4 Å². The molecule has 3 rings (SSSR count). The number of carbonyl (C=O) groups is 2. The van der Waals surface area contributed by atoms with E-state index in [0.29, 0.717) is 45.0 Å². The molecule has 0 saturated heterocycles. The second-order valence-corrected chi connectivity index (χ2v) is 7.80. The van der Waals surface area contributed by atoms with Crippen molar-refractivity contribution in [2.24, 2.45) is 0 Å². The summed E-state index contributed by atoms with van der Waals surface area (Å²) in [6.07, 6.45) is -1.78. The molecule has 0 amide bonds. The first kappa shape index (κ1) is 22.1. The number of ether oxygens (including phenoxy) is 2. The number of carbonyl (C=O) groups excluding carboxylic acids is 2. The van der Waals surface area contributed by atoms with Gasteiger partial charge in [-0.25, -0.2) is 9.59 Å². The fraction of sp³-hybridized carbons (Fsp3) is 0.545. The Labute approximate surface area is 175 Å². The molecule has 0 aromatic carbocycles. The molecular weight excluding hydrogens is 388 g/mol. The molecule has 30 heavy (non-hydrogen) atoms. The smallest absolute Gasteiger partial charge is 0.340 e. The molecule has 0 aliphatic heterocycles. The zero-order chi connectivity index (χ0) is 22.3. The van der Waals surface area contributed by atoms with E-state index in [1.807, 2.05) is 0 Å². The fourth-order valence-electron chi connectivity index (χ4n) is 4.62. The Kier molecular flexibility index (Phi) is 6.10. The summed E-state index contributed by atoms with van der Waals surface area (Å²) < 4.78 is 10.2. The van der Waals surface area contributed by atoms with Gasteiger partial charge >= 0.3 is 11.9 Å². The quantitative estimate of drug-likeness (QED) is 0.535. The lowest BCUT2D eigenvalue weighted by Gasteiger charge is -2.46. The number of hydrogen-bond acceptors (Lipinski definition) is 6. The molecule has 1 saturated carbocycles. The second-order valence-electron chi connectivity index (χ2n) is 7.80. The number of H-pyrrole nitrogens is 2. The molecule has 0 radical (unpaired) electrons. The van der Waals surface area contributed by atoms with Gasteiger partial charge in [0.2, 0.25) is 0 Å². The standard InChI is InChI=1S/C22H30N2O6/c1-7-29-21(27)13-9(3)17(23-11(13)5)15-19(25)16(20(15)26)18-10(4)14(12(6)24-18)22(28)30-8-2/h15-16,19-20,23-26H,7-8H2,1-6H3. The van der Waals surface area contributed by atoms with Gasteiger partial charge < -0.3 is 29.7 Å². The van der Waals surface area contributed by atoms with Crippen LogP contribution in [-0.2, 0) is 9.47 Å². The summed E-state index contributed by atoms with van der Waals surface area (Å²) in [7, 11) is 0. The van der Waals surface area contributed by atoms with Gasteiger partial charge in [0, 0.05) is 22.8 Å². The van der Waals surface area contributed by atoms with Crippen molar-refractivity contribution in [3.63, 3.8) is 0 Å². The van der Waals surface area contributed by atoms with E-state index < -0.39 is 36.0 Å². The third-order valence-electron chi connectivity index (χ3n) is 6.05. The van der Waals surface area contributed by atoms with Crippen LogP contribution < -0.4 is 0 Å². The van der Waals surface area contributed by atoms with Crippen molar-refractivity contribution >= 4 is 11.9 Å². The van der Waals surface area contributed by atoms with Crippen molar-refractivity contribution < 1.29 is 29.3 Å². The number of aromatic nitrogens is 2. The Morgan fingerprint density at radius 2 is 1.10 bits per heavy atom. The highest BCUT2D eigenvalue weighted by atomic mass is 16.5. The van der Waals surface area contributed by atoms with Gasteiger partial charge in [0.25, 0.3) is 0 Å². The second kappa shape index (κ2) is 8.28. The minimum Gasteiger partial charge on any atom is -0.462 e. The molecule has 0 bridgehead atoms. The summed E-state index contributed by atoms with van der Waals surface area (Å²) in [5, 5.41) is 21.9. The maximum Gasteiger partial charge on any atom is 0.340 e. The maximum absolute atomic E-state index is 12.3. The molecule has 1 fully saturated rings. The third kappa shape index (κ3) is 3.33. The van der Waals surface area contributed by atoms with Crippen molar-refractivity contribution in [3.05, 3.63) is 45.0 Å². The Morgan fingerprint density at radius 1 is 0.767 bits per heavy atom. The molecule has 2 aromatic rings. The highest BCUT2D eigenvalue weighted by molar-refractivity contribution is 5.93. The maximum atomic E-state index is 12.3. The van der Waals surface area contributed by atoms with E-state index in [2.05, 4.69) is 9.97 Å². The lowest BCUT2D eigenvalue weighted by atomic mass is 9.65. The van der Waals surface area contributed by atoms with Gasteiger partial charge in [-0.1, -0.05) is 0 Å². The van der Waals surface area contributed by atoms with Crippen LogP contribution in [-0.4, -0.2) is 57.5 Å². The van der Waals surface area contributed by atoms with Crippen LogP contribution in [0.3, 0.4) is 0 Å². The molecular formula is C22H30N2O6. The molecule has 0 unspecified atom stereocenters. The van der Waals surface area contributed by atoms with E-state index in [1.165, 1.54) is 0 Å². The monoisotopic (exact) mass is 418 g/mol. The van der Waals surface area contributed by atoms with Crippen LogP contribution in [0.1, 0.15) is 80.3 Å². The summed E-state index contributed by atoms with van der Waals surface area (Å²) in [5.41, 5.74) is 4.73. The first-order valence-corrected chi connectivity index (χ1v) is 10.2. The van der Waals surface area contributed by atoms with Gasteiger partial charge in [0.15, 0.2) is 0 Å². The fourth-order valence-corrected chi connectivity index (χ4v) is 4.62. The Hall–Kier alpha value is -2.58. The van der Waals surface area contributed by atoms with Gasteiger partial charge in [-0.15, -0.1) is 0 Å². The largest absolute Gasteiger partial charge is 0.462 e. The minimum absolute atomic E-state index is 0.267. The normalized spacial score (nSPS) is 23.2. The highest BCUT2D eigenvalue weighted by Crippen LogP contribution is 2.50. The number of aliphatic hydroxyl groups is 2. The van der Waals surface area contributed by atoms with Crippen molar-refractivity contribution in [1.29, 1.82) is 0 Å². The van der Waals surface area contributed by atoms with Crippen molar-refractivity contribution in [3.8, 4) is 0 Å². The van der Waals surface area contributed by atoms with Gasteiger partial charge in [-0.05, 0) is 52.7 Å². The molecule has 0 atom stereocenters. The van der Waals surface area contributed by atoms with Crippen molar-refractivity contribution in [1.82, 2.24) is 9.97 Å². The zero-order valence-corrected chi connectivity index (χ0v) is 18.3. The average molecular weight is 418 g/mol. The van der Waals surface area contributed by atoms with Crippen LogP contribution in [0.15, 0.2) is 0 Å². The Morgan fingerprint density at radius 3 is 1.40 bits per heavy atom. The number of aromatic amines is 2. The summed E-state index contributed by atoms with van der Waals surface area (Å²) in [6.45, 7) is 11.1. The molecule has 2 heterocycles. The number of esters is 2. The molecule has 8 nitrogen and oxygen atoms in total. The minimum atomic E-state index is -0.890. The summed E-state index contributed by atoms with van der Waals surface area (Å²) >= 11 is 0. The van der Waals surface area contributed by atoms with Crippen LogP contribution in [0.4, 0.5) is 0 Å². The molecule has 0 spiro atoms. The molecule has 8 heteroatoms. The predicted octanol–water partition coefficient (Wildman–Crippen LogP) is 2.53. The number of hydrogen-bond donors (Lipinski definition) is 4. The predicted molar refractivity (Wildman–Crippen MR) is 110 cm³/mol. The Balaban J connectivity index is 1.91. The van der Waals surface area contributed by atoms with Gasteiger partial charge in [-0.2, -0.15) is 0 Å². The van der Waals surface area contributed by atoms with Crippen molar-refractivity contribution in [2.45, 2.75) is 65.6 Å². The van der Waals surface area contributed by atoms with Crippen molar-refractivity contribution in [2.75, 3.05) is 13.2 Å². The van der Waals surface area contributed by atoms with E-state index in [9.17, 15) is 19.8 Å². The zero-order valence-electron chi connectivity index (χ0n) is 18.3.